The molecule has 1 amide bonds. The van der Waals surface area contributed by atoms with E-state index in [9.17, 15) is 4.79 Å². The summed E-state index contributed by atoms with van der Waals surface area (Å²) in [5.74, 6) is 0.568. The van der Waals surface area contributed by atoms with Gasteiger partial charge in [0.2, 0.25) is 5.82 Å². The van der Waals surface area contributed by atoms with Crippen LogP contribution in [0.2, 0.25) is 0 Å². The molecule has 0 atom stereocenters. The van der Waals surface area contributed by atoms with Crippen LogP contribution in [0.1, 0.15) is 42.1 Å². The molecule has 0 aliphatic heterocycles. The molecule has 0 unspecified atom stereocenters. The average Bonchev–Trinajstić information content (AvgIpc) is 3.35. The average molecular weight is 337 g/mol. The first-order valence-electron chi connectivity index (χ1n) is 8.47. The Balaban J connectivity index is 1.34. The molecule has 128 valence electrons. The number of benzene rings is 1. The third kappa shape index (κ3) is 3.45. The Bertz CT molecular complexity index is 820. The van der Waals surface area contributed by atoms with Crippen molar-refractivity contribution < 1.29 is 9.21 Å². The first-order valence-corrected chi connectivity index (χ1v) is 8.47. The van der Waals surface area contributed by atoms with Gasteiger partial charge in [0.05, 0.1) is 17.9 Å². The van der Waals surface area contributed by atoms with E-state index in [1.54, 1.807) is 10.9 Å². The Morgan fingerprint density at radius 1 is 1.12 bits per heavy atom. The summed E-state index contributed by atoms with van der Waals surface area (Å²) in [6, 6.07) is 11.9. The van der Waals surface area contributed by atoms with Crippen molar-refractivity contribution >= 4 is 5.91 Å². The van der Waals surface area contributed by atoms with E-state index in [-0.39, 0.29) is 18.0 Å². The molecule has 1 aliphatic carbocycles. The summed E-state index contributed by atoms with van der Waals surface area (Å²) in [6.45, 7) is 0. The molecule has 4 rings (SSSR count). The van der Waals surface area contributed by atoms with Gasteiger partial charge in [0, 0.05) is 11.6 Å². The molecule has 7 heteroatoms. The normalized spacial score (nSPS) is 20.3. The highest BCUT2D eigenvalue weighted by Gasteiger charge is 2.25. The number of furan rings is 1. The molecule has 2 heterocycles. The van der Waals surface area contributed by atoms with Crippen LogP contribution in [0.15, 0.2) is 53.3 Å². The van der Waals surface area contributed by atoms with Crippen LogP contribution < -0.4 is 5.32 Å². The molecule has 1 aromatic carbocycles. The van der Waals surface area contributed by atoms with Crippen molar-refractivity contribution in [3.8, 4) is 11.4 Å². The Kier molecular flexibility index (Phi) is 4.28. The highest BCUT2D eigenvalue weighted by molar-refractivity contribution is 5.93. The molecule has 1 saturated carbocycles. The lowest BCUT2D eigenvalue weighted by Gasteiger charge is -2.28. The fourth-order valence-electron chi connectivity index (χ4n) is 3.20. The molecule has 1 N–H and O–H groups in total. The number of carbonyl (C=O) groups excluding carboxylic acids is 1. The largest absolute Gasteiger partial charge is 0.472 e. The van der Waals surface area contributed by atoms with Crippen LogP contribution in [0.5, 0.6) is 0 Å². The second-order valence-corrected chi connectivity index (χ2v) is 6.29. The minimum absolute atomic E-state index is 0.0811. The predicted molar refractivity (Wildman–Crippen MR) is 90.7 cm³/mol. The molecule has 7 nitrogen and oxygen atoms in total. The topological polar surface area (TPSA) is 85.8 Å². The van der Waals surface area contributed by atoms with Crippen LogP contribution >= 0.6 is 0 Å². The maximum Gasteiger partial charge on any atom is 0.254 e. The third-order valence-corrected chi connectivity index (χ3v) is 4.60. The molecule has 0 spiro atoms. The fourth-order valence-corrected chi connectivity index (χ4v) is 3.20. The predicted octanol–water partition coefficient (Wildman–Crippen LogP) is 2.85. The third-order valence-electron chi connectivity index (χ3n) is 4.60. The second kappa shape index (κ2) is 6.88. The van der Waals surface area contributed by atoms with Gasteiger partial charge in [-0.1, -0.05) is 30.3 Å². The first kappa shape index (κ1) is 15.6. The molecule has 3 aromatic rings. The molecule has 0 radical (unpaired) electrons. The summed E-state index contributed by atoms with van der Waals surface area (Å²) in [6.07, 6.45) is 6.60. The van der Waals surface area contributed by atoms with Gasteiger partial charge in [-0.3, -0.25) is 4.79 Å². The van der Waals surface area contributed by atoms with Crippen molar-refractivity contribution in [2.24, 2.45) is 0 Å². The number of hydrogen-bond acceptors (Lipinski definition) is 5. The number of amides is 1. The van der Waals surface area contributed by atoms with Crippen LogP contribution in [-0.2, 0) is 0 Å². The number of nitrogens with one attached hydrogen (secondary N) is 1. The molecule has 2 aromatic heterocycles. The van der Waals surface area contributed by atoms with Crippen LogP contribution in [0, 0.1) is 0 Å². The molecule has 0 bridgehead atoms. The first-order chi connectivity index (χ1) is 12.3. The minimum atomic E-state index is -0.0811. The fraction of sp³-hybridized carbons (Fsp3) is 0.333. The van der Waals surface area contributed by atoms with Crippen LogP contribution in [0.4, 0.5) is 0 Å². The molecule has 25 heavy (non-hydrogen) atoms. The molecule has 1 aliphatic rings. The SMILES string of the molecule is O=C(NC1CCC(n2nnc(-c3ccccc3)n2)CC1)c1ccoc1. The van der Waals surface area contributed by atoms with E-state index in [1.807, 2.05) is 30.3 Å². The zero-order valence-corrected chi connectivity index (χ0v) is 13.7. The minimum Gasteiger partial charge on any atom is -0.472 e. The number of nitrogens with zero attached hydrogens (tertiary/aromatic N) is 4. The van der Waals surface area contributed by atoms with Crippen LogP contribution in [0.25, 0.3) is 11.4 Å². The van der Waals surface area contributed by atoms with E-state index in [0.717, 1.165) is 31.2 Å². The van der Waals surface area contributed by atoms with E-state index in [2.05, 4.69) is 20.7 Å². The van der Waals surface area contributed by atoms with Gasteiger partial charge >= 0.3 is 0 Å². The number of aromatic nitrogens is 4. The zero-order valence-electron chi connectivity index (χ0n) is 13.7. The number of hydrogen-bond donors (Lipinski definition) is 1. The van der Waals surface area contributed by atoms with Gasteiger partial charge in [0.1, 0.15) is 6.26 Å². The van der Waals surface area contributed by atoms with Crippen molar-refractivity contribution in [2.45, 2.75) is 37.8 Å². The molecule has 0 saturated heterocycles. The Morgan fingerprint density at radius 3 is 2.64 bits per heavy atom. The monoisotopic (exact) mass is 337 g/mol. The smallest absolute Gasteiger partial charge is 0.254 e. The summed E-state index contributed by atoms with van der Waals surface area (Å²) in [7, 11) is 0. The summed E-state index contributed by atoms with van der Waals surface area (Å²) in [4.78, 5) is 13.8. The standard InChI is InChI=1S/C18H19N5O2/c24-18(14-10-11-25-12-14)19-15-6-8-16(9-7-15)23-21-17(20-22-23)13-4-2-1-3-5-13/h1-5,10-12,15-16H,6-9H2,(H,19,24). The van der Waals surface area contributed by atoms with Gasteiger partial charge in [-0.25, -0.2) is 0 Å². The quantitative estimate of drug-likeness (QED) is 0.791. The van der Waals surface area contributed by atoms with E-state index in [4.69, 9.17) is 4.42 Å². The number of tetrazole rings is 1. The van der Waals surface area contributed by atoms with Gasteiger partial charge in [0.15, 0.2) is 0 Å². The molecule has 1 fully saturated rings. The molecular formula is C18H19N5O2. The zero-order chi connectivity index (χ0) is 17.1. The van der Waals surface area contributed by atoms with Gasteiger partial charge in [-0.05, 0) is 37.0 Å². The maximum absolute atomic E-state index is 12.1. The van der Waals surface area contributed by atoms with Crippen molar-refractivity contribution in [2.75, 3.05) is 0 Å². The summed E-state index contributed by atoms with van der Waals surface area (Å²) >= 11 is 0. The van der Waals surface area contributed by atoms with E-state index in [0.29, 0.717) is 11.4 Å². The number of rotatable bonds is 4. The van der Waals surface area contributed by atoms with Crippen LogP contribution in [0.3, 0.4) is 0 Å². The Morgan fingerprint density at radius 2 is 1.92 bits per heavy atom. The second-order valence-electron chi connectivity index (χ2n) is 6.29. The number of carbonyl (C=O) groups is 1. The lowest BCUT2D eigenvalue weighted by atomic mass is 9.91. The van der Waals surface area contributed by atoms with E-state index in [1.165, 1.54) is 12.5 Å². The summed E-state index contributed by atoms with van der Waals surface area (Å²) in [5, 5.41) is 16.0. The molecular weight excluding hydrogens is 318 g/mol. The van der Waals surface area contributed by atoms with Crippen molar-refractivity contribution in [1.29, 1.82) is 0 Å². The summed E-state index contributed by atoms with van der Waals surface area (Å²) < 4.78 is 4.95. The van der Waals surface area contributed by atoms with Gasteiger partial charge in [-0.2, -0.15) is 4.80 Å². The lowest BCUT2D eigenvalue weighted by molar-refractivity contribution is 0.0920. The van der Waals surface area contributed by atoms with Gasteiger partial charge in [-0.15, -0.1) is 10.2 Å². The lowest BCUT2D eigenvalue weighted by Crippen LogP contribution is -2.38. The van der Waals surface area contributed by atoms with Gasteiger partial charge < -0.3 is 9.73 Å². The van der Waals surface area contributed by atoms with E-state index < -0.39 is 0 Å². The van der Waals surface area contributed by atoms with Gasteiger partial charge in [0.25, 0.3) is 5.91 Å². The highest BCUT2D eigenvalue weighted by Crippen LogP contribution is 2.28. The van der Waals surface area contributed by atoms with Crippen molar-refractivity contribution in [3.05, 3.63) is 54.5 Å². The summed E-state index contributed by atoms with van der Waals surface area (Å²) in [5.41, 5.74) is 1.53. The van der Waals surface area contributed by atoms with Crippen LogP contribution in [-0.4, -0.2) is 32.2 Å². The maximum atomic E-state index is 12.1. The van der Waals surface area contributed by atoms with Crippen molar-refractivity contribution in [1.82, 2.24) is 25.5 Å². The van der Waals surface area contributed by atoms with Crippen molar-refractivity contribution in [3.63, 3.8) is 0 Å². The van der Waals surface area contributed by atoms with E-state index >= 15 is 0 Å². The highest BCUT2D eigenvalue weighted by atomic mass is 16.3. The Labute approximate surface area is 145 Å². The Hall–Kier alpha value is -2.96.